The Morgan fingerprint density at radius 2 is 0.603 bits per heavy atom. The van der Waals surface area contributed by atoms with Crippen molar-refractivity contribution in [2.45, 2.75) is 424 Å². The van der Waals surface area contributed by atoms with Crippen molar-refractivity contribution in [1.82, 2.24) is 5.32 Å². The summed E-state index contributed by atoms with van der Waals surface area (Å²) in [6, 6.07) is -0.539. The highest BCUT2D eigenvalue weighted by Gasteiger charge is 2.20. The molecule has 0 aromatic rings. The van der Waals surface area contributed by atoms with Crippen LogP contribution in [0, 0.1) is 0 Å². The van der Waals surface area contributed by atoms with E-state index in [9.17, 15) is 19.8 Å². The molecule has 0 saturated heterocycles. The molecule has 2 unspecified atom stereocenters. The molecule has 0 spiro atoms. The number of carbonyl (C=O) groups is 2. The van der Waals surface area contributed by atoms with Gasteiger partial charge in [0.25, 0.3) is 0 Å². The third kappa shape index (κ3) is 63.8. The van der Waals surface area contributed by atoms with E-state index in [1.807, 2.05) is 0 Å². The van der Waals surface area contributed by atoms with Crippen LogP contribution in [0.4, 0.5) is 0 Å². The fraction of sp³-hybridized carbons (Fsp3) is 0.944. The van der Waals surface area contributed by atoms with E-state index in [-0.39, 0.29) is 18.5 Å². The second-order valence-corrected chi connectivity index (χ2v) is 24.9. The predicted octanol–water partition coefficient (Wildman–Crippen LogP) is 23.1. The number of aliphatic hydroxyl groups is 2. The number of hydrogen-bond donors (Lipinski definition) is 3. The molecule has 3 N–H and O–H groups in total. The fourth-order valence-corrected chi connectivity index (χ4v) is 11.6. The Morgan fingerprint density at radius 1 is 0.346 bits per heavy atom. The number of rotatable bonds is 68. The minimum Gasteiger partial charge on any atom is -0.466 e. The van der Waals surface area contributed by atoms with Crippen LogP contribution in [-0.4, -0.2) is 47.4 Å². The van der Waals surface area contributed by atoms with E-state index >= 15 is 0 Å². The lowest BCUT2D eigenvalue weighted by atomic mass is 10.0. The fourth-order valence-electron chi connectivity index (χ4n) is 11.6. The Morgan fingerprint density at radius 3 is 0.910 bits per heavy atom. The molecule has 6 nitrogen and oxygen atoms in total. The number of nitrogens with one attached hydrogen (secondary N) is 1. The van der Waals surface area contributed by atoms with Gasteiger partial charge in [0.1, 0.15) is 0 Å². The van der Waals surface area contributed by atoms with Gasteiger partial charge >= 0.3 is 5.97 Å². The van der Waals surface area contributed by atoms with Crippen LogP contribution in [0.15, 0.2) is 12.2 Å². The smallest absolute Gasteiger partial charge is 0.305 e. The summed E-state index contributed by atoms with van der Waals surface area (Å²) in [4.78, 5) is 24.6. The van der Waals surface area contributed by atoms with Gasteiger partial charge < -0.3 is 20.3 Å². The molecule has 1 amide bonds. The molecule has 0 rings (SSSR count). The average molecular weight is 1100 g/mol. The largest absolute Gasteiger partial charge is 0.466 e. The lowest BCUT2D eigenvalue weighted by Gasteiger charge is -2.22. The maximum absolute atomic E-state index is 12.5. The Balaban J connectivity index is 3.35. The van der Waals surface area contributed by atoms with Crippen LogP contribution in [-0.2, 0) is 14.3 Å². The molecule has 464 valence electrons. The first-order chi connectivity index (χ1) is 38.5. The molecule has 0 aliphatic carbocycles. The number of unbranched alkanes of at least 4 members (excludes halogenated alkanes) is 55. The van der Waals surface area contributed by atoms with E-state index in [2.05, 4.69) is 31.3 Å². The Bertz CT molecular complexity index is 1180. The van der Waals surface area contributed by atoms with Crippen molar-refractivity contribution in [3.05, 3.63) is 12.2 Å². The zero-order valence-electron chi connectivity index (χ0n) is 53.2. The lowest BCUT2D eigenvalue weighted by Crippen LogP contribution is -2.45. The van der Waals surface area contributed by atoms with Crippen molar-refractivity contribution in [2.75, 3.05) is 13.2 Å². The van der Waals surface area contributed by atoms with E-state index in [4.69, 9.17) is 4.74 Å². The topological polar surface area (TPSA) is 95.9 Å². The highest BCUT2D eigenvalue weighted by molar-refractivity contribution is 5.76. The molecule has 0 heterocycles. The van der Waals surface area contributed by atoms with Crippen LogP contribution >= 0.6 is 0 Å². The molecule has 0 radical (unpaired) electrons. The Kier molecular flexibility index (Phi) is 66.9. The predicted molar refractivity (Wildman–Crippen MR) is 343 cm³/mol. The maximum atomic E-state index is 12.5. The molecule has 0 aromatic heterocycles. The first-order valence-electron chi connectivity index (χ1n) is 35.9. The van der Waals surface area contributed by atoms with Gasteiger partial charge in [-0.2, -0.15) is 0 Å². The summed E-state index contributed by atoms with van der Waals surface area (Å²) < 4.78 is 5.49. The monoisotopic (exact) mass is 1100 g/mol. The molecule has 2 atom stereocenters. The number of hydrogen-bond acceptors (Lipinski definition) is 5. The van der Waals surface area contributed by atoms with Crippen LogP contribution in [0.1, 0.15) is 412 Å². The number of ether oxygens (including phenoxy) is 1. The van der Waals surface area contributed by atoms with Gasteiger partial charge in [0.15, 0.2) is 0 Å². The van der Waals surface area contributed by atoms with E-state index in [0.717, 1.165) is 38.5 Å². The quantitative estimate of drug-likeness (QED) is 0.0320. The van der Waals surface area contributed by atoms with Crippen molar-refractivity contribution in [3.8, 4) is 0 Å². The summed E-state index contributed by atoms with van der Waals surface area (Å²) in [5, 5.41) is 23.4. The van der Waals surface area contributed by atoms with Gasteiger partial charge in [-0.05, 0) is 51.4 Å². The maximum Gasteiger partial charge on any atom is 0.305 e. The SMILES string of the molecule is CCCCCCCCCCCCCCCCCCCC(O)C(CO)NC(=O)CCCCCCCCCCCCCCCCC/C=C\CCCCCCCCCCCCCCOC(=O)CCCCCCCCCCCCCCC. The minimum absolute atomic E-state index is 0.0202. The number of aliphatic hydroxyl groups excluding tert-OH is 2. The van der Waals surface area contributed by atoms with Gasteiger partial charge in [-0.1, -0.05) is 360 Å². The Labute approximate surface area is 489 Å². The Hall–Kier alpha value is -1.40. The molecule has 0 bridgehead atoms. The van der Waals surface area contributed by atoms with Crippen molar-refractivity contribution in [3.63, 3.8) is 0 Å². The minimum atomic E-state index is -0.662. The molecule has 0 aliphatic heterocycles. The zero-order valence-corrected chi connectivity index (χ0v) is 53.2. The number of allylic oxidation sites excluding steroid dienone is 2. The van der Waals surface area contributed by atoms with Crippen LogP contribution in [0.3, 0.4) is 0 Å². The van der Waals surface area contributed by atoms with Crippen LogP contribution < -0.4 is 5.32 Å². The molecule has 6 heteroatoms. The third-order valence-electron chi connectivity index (χ3n) is 17.1. The summed E-state index contributed by atoms with van der Waals surface area (Å²) >= 11 is 0. The second kappa shape index (κ2) is 68.1. The molecule has 78 heavy (non-hydrogen) atoms. The van der Waals surface area contributed by atoms with Gasteiger partial charge in [-0.3, -0.25) is 9.59 Å². The molecule has 0 aromatic carbocycles. The number of amides is 1. The number of esters is 1. The zero-order chi connectivity index (χ0) is 56.4. The third-order valence-corrected chi connectivity index (χ3v) is 17.1. The summed E-state index contributed by atoms with van der Waals surface area (Å²) in [6.07, 6.45) is 84.1. The van der Waals surface area contributed by atoms with Crippen molar-refractivity contribution < 1.29 is 24.5 Å². The van der Waals surface area contributed by atoms with Crippen LogP contribution in [0.5, 0.6) is 0 Å². The number of carbonyl (C=O) groups excluding carboxylic acids is 2. The second-order valence-electron chi connectivity index (χ2n) is 24.9. The van der Waals surface area contributed by atoms with Gasteiger partial charge in [0.05, 0.1) is 25.4 Å². The summed E-state index contributed by atoms with van der Waals surface area (Å²) in [6.45, 7) is 5.00. The molecule has 0 fully saturated rings. The highest BCUT2D eigenvalue weighted by Crippen LogP contribution is 2.19. The van der Waals surface area contributed by atoms with Crippen LogP contribution in [0.2, 0.25) is 0 Å². The van der Waals surface area contributed by atoms with Crippen LogP contribution in [0.25, 0.3) is 0 Å². The normalized spacial score (nSPS) is 12.5. The van der Waals surface area contributed by atoms with E-state index in [0.29, 0.717) is 25.9 Å². The van der Waals surface area contributed by atoms with Gasteiger partial charge in [0.2, 0.25) is 5.91 Å². The van der Waals surface area contributed by atoms with Crippen molar-refractivity contribution >= 4 is 11.9 Å². The highest BCUT2D eigenvalue weighted by atomic mass is 16.5. The van der Waals surface area contributed by atoms with Gasteiger partial charge in [-0.25, -0.2) is 0 Å². The van der Waals surface area contributed by atoms with Crippen molar-refractivity contribution in [2.24, 2.45) is 0 Å². The summed E-state index contributed by atoms with van der Waals surface area (Å²) in [7, 11) is 0. The molecular weight excluding hydrogens is 959 g/mol. The van der Waals surface area contributed by atoms with Gasteiger partial charge in [-0.15, -0.1) is 0 Å². The average Bonchev–Trinajstić information content (AvgIpc) is 3.44. The van der Waals surface area contributed by atoms with E-state index < -0.39 is 12.1 Å². The summed E-state index contributed by atoms with van der Waals surface area (Å²) in [5.74, 6) is -0.00861. The van der Waals surface area contributed by atoms with E-state index in [1.165, 1.54) is 340 Å². The molecule has 0 aliphatic rings. The van der Waals surface area contributed by atoms with E-state index in [1.54, 1.807) is 0 Å². The first kappa shape index (κ1) is 76.6. The van der Waals surface area contributed by atoms with Crippen molar-refractivity contribution in [1.29, 1.82) is 0 Å². The standard InChI is InChI=1S/C72H141NO5/c1-3-5-7-9-11-13-15-17-18-34-37-41-44-48-52-56-60-64-70(75)69(68-74)73-71(76)65-61-57-53-49-45-42-38-35-32-30-28-26-24-22-20-19-21-23-25-27-29-31-33-36-39-43-47-51-55-59-63-67-78-72(77)66-62-58-54-50-46-40-16-14-12-10-8-6-4-2/h21,23,69-70,74-75H,3-20,22,24-68H2,1-2H3,(H,73,76)/b23-21-. The molecule has 0 saturated carbocycles. The first-order valence-corrected chi connectivity index (χ1v) is 35.9. The van der Waals surface area contributed by atoms with Gasteiger partial charge in [0, 0.05) is 12.8 Å². The summed E-state index contributed by atoms with van der Waals surface area (Å²) in [5.41, 5.74) is 0. The lowest BCUT2D eigenvalue weighted by molar-refractivity contribution is -0.143. The molecular formula is C72H141NO5.